The van der Waals surface area contributed by atoms with E-state index in [4.69, 9.17) is 23.7 Å². The first-order valence-corrected chi connectivity index (χ1v) is 6.66. The molecule has 0 radical (unpaired) electrons. The molecule has 0 amide bonds. The van der Waals surface area contributed by atoms with Gasteiger partial charge in [-0.3, -0.25) is 0 Å². The van der Waals surface area contributed by atoms with Crippen molar-refractivity contribution in [3.05, 3.63) is 0 Å². The van der Waals surface area contributed by atoms with Gasteiger partial charge in [0.1, 0.15) is 23.9 Å². The predicted molar refractivity (Wildman–Crippen MR) is 64.2 cm³/mol. The van der Waals surface area contributed by atoms with Crippen molar-refractivity contribution in [3.63, 3.8) is 0 Å². The molecule has 3 aliphatic heterocycles. The second kappa shape index (κ2) is 3.90. The molecule has 3 aliphatic rings. The lowest BCUT2D eigenvalue weighted by atomic mass is 9.91. The van der Waals surface area contributed by atoms with Crippen LogP contribution in [-0.4, -0.2) is 53.5 Å². The van der Waals surface area contributed by atoms with Gasteiger partial charge in [-0.2, -0.15) is 0 Å². The summed E-state index contributed by atoms with van der Waals surface area (Å²) in [6, 6.07) is 0. The van der Waals surface area contributed by atoms with Crippen molar-refractivity contribution in [2.75, 3.05) is 6.61 Å². The number of hydrogen-bond acceptors (Lipinski definition) is 6. The van der Waals surface area contributed by atoms with Crippen LogP contribution in [0, 0.1) is 0 Å². The van der Waals surface area contributed by atoms with Crippen LogP contribution in [0.15, 0.2) is 0 Å². The van der Waals surface area contributed by atoms with Gasteiger partial charge in [0, 0.05) is 0 Å². The van der Waals surface area contributed by atoms with Crippen LogP contribution < -0.4 is 0 Å². The Kier molecular flexibility index (Phi) is 2.82. The molecule has 3 fully saturated rings. The molecular weight excluding hydrogens is 252 g/mol. The predicted octanol–water partition coefficient (Wildman–Crippen LogP) is 0.765. The average Bonchev–Trinajstić information content (AvgIpc) is 2.80. The number of hydrogen-bond donors (Lipinski definition) is 1. The van der Waals surface area contributed by atoms with Crippen molar-refractivity contribution in [2.45, 2.75) is 76.4 Å². The molecule has 110 valence electrons. The molecule has 6 nitrogen and oxygen atoms in total. The molecule has 3 rings (SSSR count). The average molecular weight is 274 g/mol. The van der Waals surface area contributed by atoms with Crippen molar-refractivity contribution >= 4 is 0 Å². The molecule has 19 heavy (non-hydrogen) atoms. The van der Waals surface area contributed by atoms with E-state index in [9.17, 15) is 5.11 Å². The highest BCUT2D eigenvalue weighted by molar-refractivity contribution is 5.06. The van der Waals surface area contributed by atoms with Gasteiger partial charge in [-0.15, -0.1) is 0 Å². The van der Waals surface area contributed by atoms with E-state index in [1.807, 2.05) is 13.8 Å². The highest BCUT2D eigenvalue weighted by atomic mass is 16.8. The zero-order valence-corrected chi connectivity index (χ0v) is 12.0. The zero-order valence-electron chi connectivity index (χ0n) is 12.0. The molecule has 3 saturated heterocycles. The molecule has 6 heteroatoms. The first kappa shape index (κ1) is 13.7. The second-order valence-electron chi connectivity index (χ2n) is 6.57. The Labute approximate surface area is 112 Å². The Bertz CT molecular complexity index is 377. The lowest BCUT2D eigenvalue weighted by Crippen LogP contribution is -2.51. The fourth-order valence-corrected chi connectivity index (χ4v) is 3.00. The molecule has 0 bridgehead atoms. The van der Waals surface area contributed by atoms with E-state index in [0.717, 1.165) is 0 Å². The standard InChI is InChI=1S/C13H22O6/c1-11(2)15-6-7(17-11)8-13(5,14)9-10(16-8)19-12(3,4)18-9/h7-10,14H,6H2,1-5H3/t7?,8-,9+,10-,13-/m1/s1. The second-order valence-corrected chi connectivity index (χ2v) is 6.57. The summed E-state index contributed by atoms with van der Waals surface area (Å²) in [5, 5.41) is 10.7. The van der Waals surface area contributed by atoms with Gasteiger partial charge in [-0.1, -0.05) is 0 Å². The summed E-state index contributed by atoms with van der Waals surface area (Å²) in [4.78, 5) is 0. The lowest BCUT2D eigenvalue weighted by molar-refractivity contribution is -0.245. The molecule has 0 saturated carbocycles. The topological polar surface area (TPSA) is 66.4 Å². The van der Waals surface area contributed by atoms with Gasteiger partial charge in [-0.05, 0) is 34.6 Å². The maximum atomic E-state index is 10.7. The van der Waals surface area contributed by atoms with Gasteiger partial charge in [0.25, 0.3) is 0 Å². The van der Waals surface area contributed by atoms with Crippen molar-refractivity contribution in [1.82, 2.24) is 0 Å². The summed E-state index contributed by atoms with van der Waals surface area (Å²) < 4.78 is 28.5. The molecule has 0 aromatic heterocycles. The van der Waals surface area contributed by atoms with Crippen molar-refractivity contribution < 1.29 is 28.8 Å². The van der Waals surface area contributed by atoms with Gasteiger partial charge in [0.15, 0.2) is 17.9 Å². The van der Waals surface area contributed by atoms with E-state index in [-0.39, 0.29) is 6.10 Å². The lowest BCUT2D eigenvalue weighted by Gasteiger charge is -2.33. The first-order chi connectivity index (χ1) is 8.61. The van der Waals surface area contributed by atoms with Crippen molar-refractivity contribution in [2.24, 2.45) is 0 Å². The summed E-state index contributed by atoms with van der Waals surface area (Å²) in [6.45, 7) is 9.37. The van der Waals surface area contributed by atoms with Crippen LogP contribution in [0.1, 0.15) is 34.6 Å². The molecule has 0 aromatic rings. The molecule has 3 heterocycles. The minimum absolute atomic E-state index is 0.328. The van der Waals surface area contributed by atoms with Crippen molar-refractivity contribution in [3.8, 4) is 0 Å². The summed E-state index contributed by atoms with van der Waals surface area (Å²) in [5.41, 5.74) is -1.17. The third-order valence-electron chi connectivity index (χ3n) is 3.86. The number of fused-ring (bicyclic) bond motifs is 1. The maximum Gasteiger partial charge on any atom is 0.190 e. The van der Waals surface area contributed by atoms with Crippen molar-refractivity contribution in [1.29, 1.82) is 0 Å². The Balaban J connectivity index is 1.77. The van der Waals surface area contributed by atoms with E-state index in [0.29, 0.717) is 6.61 Å². The highest BCUT2D eigenvalue weighted by Crippen LogP contribution is 2.45. The Morgan fingerprint density at radius 1 is 0.895 bits per heavy atom. The molecule has 0 aromatic carbocycles. The number of ether oxygens (including phenoxy) is 5. The zero-order chi connectivity index (χ0) is 14.1. The van der Waals surface area contributed by atoms with Crippen LogP contribution in [0.25, 0.3) is 0 Å². The Hall–Kier alpha value is -0.240. The molecule has 0 aliphatic carbocycles. The van der Waals surface area contributed by atoms with Crippen LogP contribution in [0.5, 0.6) is 0 Å². The van der Waals surface area contributed by atoms with Gasteiger partial charge < -0.3 is 28.8 Å². The van der Waals surface area contributed by atoms with Gasteiger partial charge in [0.05, 0.1) is 6.61 Å². The van der Waals surface area contributed by atoms with Crippen LogP contribution in [0.4, 0.5) is 0 Å². The number of rotatable bonds is 1. The summed E-state index contributed by atoms with van der Waals surface area (Å²) in [6.07, 6.45) is -1.94. The number of aliphatic hydroxyl groups is 1. The Morgan fingerprint density at radius 3 is 2.11 bits per heavy atom. The molecule has 0 spiro atoms. The maximum absolute atomic E-state index is 10.7. The third kappa shape index (κ3) is 2.20. The van der Waals surface area contributed by atoms with E-state index in [2.05, 4.69) is 0 Å². The largest absolute Gasteiger partial charge is 0.384 e. The molecular formula is C13H22O6. The van der Waals surface area contributed by atoms with Crippen LogP contribution in [-0.2, 0) is 23.7 Å². The molecule has 1 N–H and O–H groups in total. The first-order valence-electron chi connectivity index (χ1n) is 6.66. The fourth-order valence-electron chi connectivity index (χ4n) is 3.00. The quantitative estimate of drug-likeness (QED) is 0.761. The van der Waals surface area contributed by atoms with E-state index >= 15 is 0 Å². The minimum atomic E-state index is -1.17. The SMILES string of the molecule is CC1(C)OCC([C@H]2O[C@@H]3OC(C)(C)O[C@@H]3[C@]2(C)O)O1. The van der Waals surface area contributed by atoms with E-state index in [1.165, 1.54) is 0 Å². The smallest absolute Gasteiger partial charge is 0.190 e. The van der Waals surface area contributed by atoms with Crippen LogP contribution >= 0.6 is 0 Å². The minimum Gasteiger partial charge on any atom is -0.384 e. The van der Waals surface area contributed by atoms with Gasteiger partial charge >= 0.3 is 0 Å². The van der Waals surface area contributed by atoms with E-state index < -0.39 is 35.7 Å². The third-order valence-corrected chi connectivity index (χ3v) is 3.86. The molecule has 1 unspecified atom stereocenters. The Morgan fingerprint density at radius 2 is 1.58 bits per heavy atom. The normalized spacial score (nSPS) is 51.5. The fraction of sp³-hybridized carbons (Fsp3) is 1.00. The monoisotopic (exact) mass is 274 g/mol. The summed E-state index contributed by atoms with van der Waals surface area (Å²) in [5.74, 6) is -1.39. The van der Waals surface area contributed by atoms with Gasteiger partial charge in [0.2, 0.25) is 0 Å². The van der Waals surface area contributed by atoms with Gasteiger partial charge in [-0.25, -0.2) is 0 Å². The summed E-state index contributed by atoms with van der Waals surface area (Å²) in [7, 11) is 0. The highest BCUT2D eigenvalue weighted by Gasteiger charge is 2.63. The van der Waals surface area contributed by atoms with E-state index in [1.54, 1.807) is 20.8 Å². The van der Waals surface area contributed by atoms with Crippen LogP contribution in [0.2, 0.25) is 0 Å². The van der Waals surface area contributed by atoms with Crippen LogP contribution in [0.3, 0.4) is 0 Å². The summed E-state index contributed by atoms with van der Waals surface area (Å²) >= 11 is 0. The molecule has 5 atom stereocenters.